The second-order valence-electron chi connectivity index (χ2n) is 3.48. The topological polar surface area (TPSA) is 439 Å². The van der Waals surface area contributed by atoms with E-state index < -0.39 is 20.8 Å². The van der Waals surface area contributed by atoms with E-state index >= 15 is 0 Å². The Morgan fingerprint density at radius 2 is 0.677 bits per heavy atom. The van der Waals surface area contributed by atoms with Crippen molar-refractivity contribution in [2.75, 3.05) is 11.5 Å². The summed E-state index contributed by atoms with van der Waals surface area (Å²) in [5, 5.41) is 0. The minimum Gasteiger partial charge on any atom is -0.759 e. The van der Waals surface area contributed by atoms with Crippen LogP contribution in [0.3, 0.4) is 0 Å². The van der Waals surface area contributed by atoms with Crippen LogP contribution in [0.15, 0.2) is 49.1 Å². The number of aromatic amines is 2. The number of nitrogens with one attached hydrogen (secondary N) is 2. The van der Waals surface area contributed by atoms with Crippen LogP contribution >= 0.6 is 0 Å². The zero-order valence-corrected chi connectivity index (χ0v) is 18.3. The maximum atomic E-state index is 8.52. The van der Waals surface area contributed by atoms with E-state index in [0.717, 1.165) is 11.4 Å². The molecule has 2 aromatic heterocycles. The van der Waals surface area contributed by atoms with Gasteiger partial charge in [0, 0.05) is 56.4 Å². The van der Waals surface area contributed by atoms with Crippen LogP contribution in [0.5, 0.6) is 0 Å². The zero-order chi connectivity index (χ0) is 19.2. The third kappa shape index (κ3) is 96.9. The van der Waals surface area contributed by atoms with Crippen LogP contribution in [-0.4, -0.2) is 35.0 Å². The van der Waals surface area contributed by atoms with Gasteiger partial charge in [-0.3, -0.25) is 16.8 Å². The molecular formula is C10H32N4NiO14S2+6. The molecule has 0 aliphatic rings. The minimum atomic E-state index is -5.17. The second-order valence-corrected chi connectivity index (χ2v) is 5.12. The molecule has 0 saturated heterocycles. The van der Waals surface area contributed by atoms with E-state index in [1.54, 1.807) is 49.1 Å². The predicted molar refractivity (Wildman–Crippen MR) is 105 cm³/mol. The van der Waals surface area contributed by atoms with Gasteiger partial charge in [-0.15, -0.1) is 0 Å². The van der Waals surface area contributed by atoms with Crippen molar-refractivity contribution in [1.82, 2.24) is 0 Å². The molecule has 0 amide bonds. The van der Waals surface area contributed by atoms with Gasteiger partial charge in [0.2, 0.25) is 0 Å². The van der Waals surface area contributed by atoms with Crippen LogP contribution in [0.1, 0.15) is 0 Å². The fraction of sp³-hybridized carbons (Fsp3) is 0. The molecule has 0 spiro atoms. The molecule has 2 heterocycles. The summed E-state index contributed by atoms with van der Waals surface area (Å²) in [6, 6.07) is 7.22. The Labute approximate surface area is 187 Å². The van der Waals surface area contributed by atoms with Gasteiger partial charge < -0.3 is 62.5 Å². The number of H-pyrrole nitrogens is 2. The van der Waals surface area contributed by atoms with Crippen LogP contribution in [-0.2, 0) is 70.1 Å². The van der Waals surface area contributed by atoms with Gasteiger partial charge in [0.25, 0.3) is 0 Å². The molecule has 24 N–H and O–H groups in total. The molecule has 2 rings (SSSR count). The van der Waals surface area contributed by atoms with Gasteiger partial charge in [0.05, 0.1) is 0 Å². The molecule has 192 valence electrons. The Morgan fingerprint density at radius 1 is 0.548 bits per heavy atom. The average molecular weight is 555 g/mol. The number of anilines is 2. The van der Waals surface area contributed by atoms with Gasteiger partial charge in [0.15, 0.2) is 24.8 Å². The Morgan fingerprint density at radius 3 is 0.742 bits per heavy atom. The maximum Gasteiger partial charge on any atom is 2.00 e. The third-order valence-electron chi connectivity index (χ3n) is 1.49. The van der Waals surface area contributed by atoms with E-state index in [1.807, 2.05) is 0 Å². The van der Waals surface area contributed by atoms with Gasteiger partial charge in [-0.2, -0.15) is 0 Å². The molecule has 0 unspecified atom stereocenters. The third-order valence-corrected chi connectivity index (χ3v) is 1.49. The molecule has 0 fully saturated rings. The van der Waals surface area contributed by atoms with Crippen molar-refractivity contribution in [3.63, 3.8) is 0 Å². The zero-order valence-electron chi connectivity index (χ0n) is 15.6. The van der Waals surface area contributed by atoms with Crippen LogP contribution in [0.4, 0.5) is 11.4 Å². The summed E-state index contributed by atoms with van der Waals surface area (Å²) in [4.78, 5) is 5.71. The first-order chi connectivity index (χ1) is 10.8. The fourth-order valence-corrected chi connectivity index (χ4v) is 0.800. The van der Waals surface area contributed by atoms with Gasteiger partial charge >= 0.3 is 16.5 Å². The summed E-state index contributed by atoms with van der Waals surface area (Å²) in [6.45, 7) is 0. The van der Waals surface area contributed by atoms with E-state index in [9.17, 15) is 0 Å². The molecule has 0 saturated carbocycles. The molecule has 18 nitrogen and oxygen atoms in total. The first-order valence-corrected chi connectivity index (χ1v) is 8.22. The van der Waals surface area contributed by atoms with E-state index in [4.69, 9.17) is 46.5 Å². The number of nitrogen functional groups attached to an aromatic ring is 2. The number of hydrogen-bond donors (Lipinski definition) is 2. The van der Waals surface area contributed by atoms with Crippen LogP contribution in [0, 0.1) is 0 Å². The normalized spacial score (nSPS) is 7.61. The van der Waals surface area contributed by atoms with E-state index in [0.29, 0.717) is 0 Å². The molecule has 31 heavy (non-hydrogen) atoms. The van der Waals surface area contributed by atoms with Crippen molar-refractivity contribution in [3.05, 3.63) is 49.1 Å². The molecule has 0 bridgehead atoms. The number of pyridine rings is 2. The summed E-state index contributed by atoms with van der Waals surface area (Å²) in [5.41, 5.74) is 12.3. The Bertz CT molecular complexity index is 685. The van der Waals surface area contributed by atoms with Crippen LogP contribution in [0.2, 0.25) is 0 Å². The van der Waals surface area contributed by atoms with E-state index in [2.05, 4.69) is 9.97 Å². The molecule has 0 aromatic carbocycles. The molecule has 0 radical (unpaired) electrons. The SMILES string of the molecule is Nc1cc[nH+]cc1.Nc1cc[nH+]cc1.O=S(=O)([O-])[O-].O=S(=O)([O-])[O-].[Ni+2].[OH3+].[OH3+].[OH3+].[OH3+].[OH3+].[OH3+]. The summed E-state index contributed by atoms with van der Waals surface area (Å²) in [6.07, 6.45) is 7.15. The smallest absolute Gasteiger partial charge is 0.759 e. The van der Waals surface area contributed by atoms with Crippen molar-refractivity contribution < 1.29 is 94.4 Å². The molecule has 0 atom stereocenters. The second kappa shape index (κ2) is 30.1. The predicted octanol–water partition coefficient (Wildman–Crippen LogP) is -8.04. The van der Waals surface area contributed by atoms with Crippen molar-refractivity contribution in [3.8, 4) is 0 Å². The van der Waals surface area contributed by atoms with Crippen molar-refractivity contribution >= 4 is 32.2 Å². The van der Waals surface area contributed by atoms with Crippen molar-refractivity contribution in [2.24, 2.45) is 0 Å². The number of rotatable bonds is 0. The molecular weight excluding hydrogens is 523 g/mol. The summed E-state index contributed by atoms with van der Waals surface area (Å²) >= 11 is 0. The Balaban J connectivity index is -0.0000000280. The van der Waals surface area contributed by atoms with Gasteiger partial charge in [-0.1, -0.05) is 0 Å². The quantitative estimate of drug-likeness (QED) is 0.134. The first kappa shape index (κ1) is 56.8. The van der Waals surface area contributed by atoms with Crippen molar-refractivity contribution in [2.45, 2.75) is 0 Å². The average Bonchev–Trinajstić information content (AvgIpc) is 2.37. The standard InChI is InChI=1S/2C5H6N2.Ni.2H2O4S.6H2O/c2*6-5-1-3-7-4-2-5;;2*1-5(2,3)4;;;;;;/h2*1-4H,(H2,6,7);;2*(H2,1,2,3,4);6*1H2/q;;+2;;;;;;;;/p+4. The molecule has 0 aliphatic carbocycles. The number of nitrogens with two attached hydrogens (primary N) is 2. The number of aromatic nitrogens is 2. The maximum absolute atomic E-state index is 8.52. The van der Waals surface area contributed by atoms with E-state index in [-0.39, 0.29) is 49.3 Å². The van der Waals surface area contributed by atoms with E-state index in [1.165, 1.54) is 0 Å². The van der Waals surface area contributed by atoms with Gasteiger partial charge in [-0.05, 0) is 0 Å². The Hall–Kier alpha value is -2.11. The van der Waals surface area contributed by atoms with Gasteiger partial charge in [-0.25, -0.2) is 9.97 Å². The van der Waals surface area contributed by atoms with Crippen LogP contribution in [0.25, 0.3) is 0 Å². The van der Waals surface area contributed by atoms with Crippen LogP contribution < -0.4 is 21.4 Å². The molecule has 2 aromatic rings. The largest absolute Gasteiger partial charge is 2.00 e. The Kier molecular flexibility index (Phi) is 55.1. The molecule has 21 heteroatoms. The first-order valence-electron chi connectivity index (χ1n) is 5.55. The van der Waals surface area contributed by atoms with Gasteiger partial charge in [0.1, 0.15) is 0 Å². The fourth-order valence-electron chi connectivity index (χ4n) is 0.800. The summed E-state index contributed by atoms with van der Waals surface area (Å²) < 4.78 is 68.2. The monoisotopic (exact) mass is 554 g/mol. The summed E-state index contributed by atoms with van der Waals surface area (Å²) in [5.74, 6) is 0. The summed E-state index contributed by atoms with van der Waals surface area (Å²) in [7, 11) is -10.3. The number of hydrogen-bond acceptors (Lipinski definition) is 10. The molecule has 0 aliphatic heterocycles. The minimum absolute atomic E-state index is 0. The van der Waals surface area contributed by atoms with Crippen molar-refractivity contribution in [1.29, 1.82) is 0 Å².